The van der Waals surface area contributed by atoms with Crippen molar-refractivity contribution >= 4 is 11.5 Å². The lowest BCUT2D eigenvalue weighted by atomic mass is 10.0. The summed E-state index contributed by atoms with van der Waals surface area (Å²) in [7, 11) is 0. The molecule has 3 aromatic rings. The molecule has 1 N–H and O–H groups in total. The van der Waals surface area contributed by atoms with Crippen LogP contribution in [0.2, 0.25) is 0 Å². The molecule has 0 heterocycles. The van der Waals surface area contributed by atoms with Crippen LogP contribution >= 0.6 is 0 Å². The summed E-state index contributed by atoms with van der Waals surface area (Å²) in [5.74, 6) is -0.212. The van der Waals surface area contributed by atoms with Crippen molar-refractivity contribution in [1.29, 1.82) is 0 Å². The molecule has 0 fully saturated rings. The van der Waals surface area contributed by atoms with Crippen LogP contribution in [0.15, 0.2) is 78.9 Å². The quantitative estimate of drug-likeness (QED) is 0.657. The van der Waals surface area contributed by atoms with Gasteiger partial charge in [0, 0.05) is 29.8 Å². The van der Waals surface area contributed by atoms with E-state index in [-0.39, 0.29) is 11.6 Å². The second kappa shape index (κ2) is 7.55. The number of carbonyl (C=O) groups excluding carboxylic acids is 1. The minimum Gasteiger partial charge on any atom is -0.380 e. The van der Waals surface area contributed by atoms with Crippen LogP contribution in [0.5, 0.6) is 0 Å². The maximum atomic E-state index is 13.7. The number of hydrogen-bond acceptors (Lipinski definition) is 2. The third kappa shape index (κ3) is 3.87. The molecule has 0 bridgehead atoms. The van der Waals surface area contributed by atoms with E-state index in [0.717, 1.165) is 11.3 Å². The zero-order valence-corrected chi connectivity index (χ0v) is 13.2. The number of halogens is 1. The number of rotatable bonds is 6. The maximum Gasteiger partial charge on any atom is 0.169 e. The zero-order valence-electron chi connectivity index (χ0n) is 13.2. The fourth-order valence-electron chi connectivity index (χ4n) is 2.59. The molecule has 3 rings (SSSR count). The monoisotopic (exact) mass is 319 g/mol. The topological polar surface area (TPSA) is 29.1 Å². The van der Waals surface area contributed by atoms with Crippen molar-refractivity contribution in [2.24, 2.45) is 0 Å². The predicted octanol–water partition coefficient (Wildman–Crippen LogP) is 4.86. The van der Waals surface area contributed by atoms with Crippen molar-refractivity contribution in [3.8, 4) is 0 Å². The Labute approximate surface area is 141 Å². The van der Waals surface area contributed by atoms with Crippen LogP contribution in [-0.4, -0.2) is 5.78 Å². The second-order valence-electron chi connectivity index (χ2n) is 5.58. The first-order valence-corrected chi connectivity index (χ1v) is 7.87. The van der Waals surface area contributed by atoms with Crippen LogP contribution in [-0.2, 0) is 13.0 Å². The van der Waals surface area contributed by atoms with Crippen molar-refractivity contribution in [2.45, 2.75) is 13.0 Å². The summed E-state index contributed by atoms with van der Waals surface area (Å²) in [6.07, 6.45) is 0.346. The van der Waals surface area contributed by atoms with Crippen molar-refractivity contribution < 1.29 is 9.18 Å². The Bertz CT molecular complexity index is 830. The van der Waals surface area contributed by atoms with E-state index in [1.54, 1.807) is 24.3 Å². The van der Waals surface area contributed by atoms with Gasteiger partial charge in [-0.25, -0.2) is 4.39 Å². The van der Waals surface area contributed by atoms with Gasteiger partial charge in [-0.3, -0.25) is 4.79 Å². The third-order valence-corrected chi connectivity index (χ3v) is 3.86. The van der Waals surface area contributed by atoms with Gasteiger partial charge in [0.2, 0.25) is 0 Å². The van der Waals surface area contributed by atoms with Gasteiger partial charge >= 0.3 is 0 Å². The van der Waals surface area contributed by atoms with Gasteiger partial charge in [-0.05, 0) is 23.8 Å². The van der Waals surface area contributed by atoms with Gasteiger partial charge in [-0.15, -0.1) is 0 Å². The molecule has 0 spiro atoms. The Kier molecular flexibility index (Phi) is 5.02. The molecule has 0 atom stereocenters. The van der Waals surface area contributed by atoms with Gasteiger partial charge in [0.25, 0.3) is 0 Å². The van der Waals surface area contributed by atoms with Crippen LogP contribution < -0.4 is 5.32 Å². The lowest BCUT2D eigenvalue weighted by molar-refractivity contribution is 0.0993. The summed E-state index contributed by atoms with van der Waals surface area (Å²) >= 11 is 0. The molecule has 0 aliphatic rings. The molecule has 0 saturated carbocycles. The standard InChI is InChI=1S/C21H18FNO/c22-19-12-6-4-10-17(19)15-23-20-13-7-5-11-18(20)21(24)14-16-8-2-1-3-9-16/h1-13,23H,14-15H2. The molecular formula is C21H18FNO. The van der Waals surface area contributed by atoms with E-state index >= 15 is 0 Å². The molecule has 120 valence electrons. The summed E-state index contributed by atoms with van der Waals surface area (Å²) in [5.41, 5.74) is 2.90. The molecule has 24 heavy (non-hydrogen) atoms. The molecule has 3 heteroatoms. The summed E-state index contributed by atoms with van der Waals surface area (Å²) < 4.78 is 13.7. The lowest BCUT2D eigenvalue weighted by Gasteiger charge is -2.12. The molecule has 0 aromatic heterocycles. The number of ketones is 1. The van der Waals surface area contributed by atoms with E-state index in [1.807, 2.05) is 48.5 Å². The normalized spacial score (nSPS) is 10.4. The van der Waals surface area contributed by atoms with Gasteiger partial charge in [0.1, 0.15) is 5.82 Å². The van der Waals surface area contributed by atoms with E-state index < -0.39 is 0 Å². The molecular weight excluding hydrogens is 301 g/mol. The fourth-order valence-corrected chi connectivity index (χ4v) is 2.59. The van der Waals surface area contributed by atoms with Crippen molar-refractivity contribution in [3.63, 3.8) is 0 Å². The zero-order chi connectivity index (χ0) is 16.8. The number of hydrogen-bond donors (Lipinski definition) is 1. The maximum absolute atomic E-state index is 13.7. The fraction of sp³-hybridized carbons (Fsp3) is 0.0952. The average Bonchev–Trinajstić information content (AvgIpc) is 2.62. The molecule has 0 aliphatic carbocycles. The molecule has 0 amide bonds. The van der Waals surface area contributed by atoms with Crippen LogP contribution in [0.25, 0.3) is 0 Å². The van der Waals surface area contributed by atoms with Gasteiger partial charge in [-0.2, -0.15) is 0 Å². The van der Waals surface area contributed by atoms with Crippen LogP contribution in [0, 0.1) is 5.82 Å². The highest BCUT2D eigenvalue weighted by atomic mass is 19.1. The Morgan fingerprint density at radius 2 is 1.50 bits per heavy atom. The van der Waals surface area contributed by atoms with E-state index in [2.05, 4.69) is 5.32 Å². The molecule has 3 aromatic carbocycles. The van der Waals surface area contributed by atoms with Crippen molar-refractivity contribution in [2.75, 3.05) is 5.32 Å². The summed E-state index contributed by atoms with van der Waals surface area (Å²) in [5, 5.41) is 3.18. The highest BCUT2D eigenvalue weighted by Crippen LogP contribution is 2.19. The number of Topliss-reactive ketones (excluding diaryl/α,β-unsaturated/α-hetero) is 1. The summed E-state index contributed by atoms with van der Waals surface area (Å²) in [6.45, 7) is 0.336. The third-order valence-electron chi connectivity index (χ3n) is 3.86. The Morgan fingerprint density at radius 3 is 2.29 bits per heavy atom. The Morgan fingerprint density at radius 1 is 0.833 bits per heavy atom. The molecule has 0 radical (unpaired) electrons. The number of nitrogens with one attached hydrogen (secondary N) is 1. The first-order valence-electron chi connectivity index (χ1n) is 7.87. The average molecular weight is 319 g/mol. The first-order chi connectivity index (χ1) is 11.7. The lowest BCUT2D eigenvalue weighted by Crippen LogP contribution is -2.09. The largest absolute Gasteiger partial charge is 0.380 e. The van der Waals surface area contributed by atoms with E-state index in [1.165, 1.54) is 6.07 Å². The van der Waals surface area contributed by atoms with Gasteiger partial charge in [-0.1, -0.05) is 60.7 Å². The number of carbonyl (C=O) groups is 1. The second-order valence-corrected chi connectivity index (χ2v) is 5.58. The predicted molar refractivity (Wildman–Crippen MR) is 94.6 cm³/mol. The smallest absolute Gasteiger partial charge is 0.169 e. The van der Waals surface area contributed by atoms with Gasteiger partial charge in [0.15, 0.2) is 5.78 Å². The van der Waals surface area contributed by atoms with E-state index in [9.17, 15) is 9.18 Å². The molecule has 0 unspecified atom stereocenters. The molecule has 0 saturated heterocycles. The summed E-state index contributed by atoms with van der Waals surface area (Å²) in [6, 6.07) is 23.6. The van der Waals surface area contributed by atoms with Crippen LogP contribution in [0.4, 0.5) is 10.1 Å². The highest BCUT2D eigenvalue weighted by molar-refractivity contribution is 6.02. The van der Waals surface area contributed by atoms with Crippen LogP contribution in [0.1, 0.15) is 21.5 Å². The first kappa shape index (κ1) is 15.9. The Balaban J connectivity index is 1.75. The van der Waals surface area contributed by atoms with E-state index in [4.69, 9.17) is 0 Å². The van der Waals surface area contributed by atoms with Crippen molar-refractivity contribution in [1.82, 2.24) is 0 Å². The highest BCUT2D eigenvalue weighted by Gasteiger charge is 2.12. The molecule has 0 aliphatic heterocycles. The van der Waals surface area contributed by atoms with Crippen molar-refractivity contribution in [3.05, 3.63) is 101 Å². The minimum absolute atomic E-state index is 0.0397. The Hall–Kier alpha value is -2.94. The number of para-hydroxylation sites is 1. The minimum atomic E-state index is -0.252. The SMILES string of the molecule is O=C(Cc1ccccc1)c1ccccc1NCc1ccccc1F. The van der Waals surface area contributed by atoms with Gasteiger partial charge in [0.05, 0.1) is 0 Å². The number of anilines is 1. The van der Waals surface area contributed by atoms with Crippen LogP contribution in [0.3, 0.4) is 0 Å². The van der Waals surface area contributed by atoms with Gasteiger partial charge < -0.3 is 5.32 Å². The molecule has 2 nitrogen and oxygen atoms in total. The summed E-state index contributed by atoms with van der Waals surface area (Å²) in [4.78, 5) is 12.6. The number of benzene rings is 3. The van der Waals surface area contributed by atoms with E-state index in [0.29, 0.717) is 24.1 Å².